The van der Waals surface area contributed by atoms with Crippen LogP contribution in [-0.2, 0) is 27.4 Å². The Bertz CT molecular complexity index is 3710. The number of hydrogen-bond donors (Lipinski definition) is 7. The zero-order valence-electron chi connectivity index (χ0n) is 45.2. The number of carbonyl (C=O) groups is 3. The molecule has 33 heteroatoms. The summed E-state index contributed by atoms with van der Waals surface area (Å²) in [7, 11) is 3.74. The molecule has 0 spiro atoms. The van der Waals surface area contributed by atoms with Crippen LogP contribution in [0.15, 0.2) is 132 Å². The van der Waals surface area contributed by atoms with Crippen LogP contribution in [-0.4, -0.2) is 88.8 Å². The lowest BCUT2D eigenvalue weighted by Crippen LogP contribution is -2.20. The largest absolute Gasteiger partial charge is 0.486 e. The molecule has 0 fully saturated rings. The van der Waals surface area contributed by atoms with Gasteiger partial charge >= 0.3 is 17.6 Å². The number of nitrogens with zero attached hydrogens (tertiary/aromatic N) is 8. The van der Waals surface area contributed by atoms with E-state index in [1.807, 2.05) is 36.4 Å². The molecule has 2 atom stereocenters. The molecule has 0 saturated heterocycles. The van der Waals surface area contributed by atoms with Gasteiger partial charge in [-0.15, -0.1) is 12.4 Å². The maximum atomic E-state index is 12.8. The molecule has 85 heavy (non-hydrogen) atoms. The van der Waals surface area contributed by atoms with Gasteiger partial charge < -0.3 is 50.4 Å². The Kier molecular flexibility index (Phi) is 32.1. The number of methoxy groups -OCH3 is 3. The molecular weight excluding hydrogens is 1270 g/mol. The highest BCUT2D eigenvalue weighted by atomic mass is 35.5. The van der Waals surface area contributed by atoms with E-state index in [0.29, 0.717) is 61.9 Å². The number of fused-ring (bicyclic) bond motifs is 2. The highest BCUT2D eigenvalue weighted by Gasteiger charge is 2.16. The first-order chi connectivity index (χ1) is 39.2. The zero-order chi connectivity index (χ0) is 59.7. The van der Waals surface area contributed by atoms with E-state index < -0.39 is 23.7 Å². The number of H-pyrrole nitrogens is 2. The molecular formula is C52H55Cl6N15O10S2. The fourth-order valence-electron chi connectivity index (χ4n) is 6.43. The first-order valence-electron chi connectivity index (χ1n) is 23.5. The second-order valence-corrected chi connectivity index (χ2v) is 17.9. The molecule has 9 rings (SSSR count). The third-order valence-electron chi connectivity index (χ3n) is 10.3. The van der Waals surface area contributed by atoms with Gasteiger partial charge in [0.15, 0.2) is 0 Å². The summed E-state index contributed by atoms with van der Waals surface area (Å²) >= 11 is 28.1. The van der Waals surface area contributed by atoms with E-state index in [2.05, 4.69) is 91.6 Å². The maximum absolute atomic E-state index is 12.8. The molecule has 2 aromatic carbocycles. The summed E-state index contributed by atoms with van der Waals surface area (Å²) in [5, 5.41) is 10.5. The molecule has 7 aromatic heterocycles. The minimum atomic E-state index is -0.773. The van der Waals surface area contributed by atoms with Crippen molar-refractivity contribution in [2.45, 2.75) is 39.1 Å². The molecule has 0 aliphatic carbocycles. The van der Waals surface area contributed by atoms with Crippen molar-refractivity contribution >= 4 is 160 Å². The molecule has 452 valence electrons. The maximum Gasteiger partial charge on any atom is 0.412 e. The Morgan fingerprint density at radius 1 is 0.588 bits per heavy atom. The number of halogens is 6. The third-order valence-corrected chi connectivity index (χ3v) is 11.4. The van der Waals surface area contributed by atoms with Crippen LogP contribution in [0.3, 0.4) is 0 Å². The molecule has 0 radical (unpaired) electrons. The molecule has 2 amide bonds. The van der Waals surface area contributed by atoms with Crippen LogP contribution >= 0.6 is 97.4 Å². The molecule has 0 aliphatic rings. The van der Waals surface area contributed by atoms with Gasteiger partial charge in [-0.25, -0.2) is 39.3 Å². The molecule has 7 heterocycles. The molecule has 25 nitrogen and oxygen atoms in total. The van der Waals surface area contributed by atoms with E-state index in [1.54, 1.807) is 68.7 Å². The third kappa shape index (κ3) is 24.6. The zero-order valence-corrected chi connectivity index (χ0v) is 51.8. The van der Waals surface area contributed by atoms with E-state index in [9.17, 15) is 24.0 Å². The van der Waals surface area contributed by atoms with Gasteiger partial charge in [0.05, 0.1) is 59.8 Å². The number of aromatic amines is 2. The molecule has 9 N–H and O–H groups in total. The predicted molar refractivity (Wildman–Crippen MR) is 340 cm³/mol. The van der Waals surface area contributed by atoms with E-state index in [-0.39, 0.29) is 85.5 Å². The standard InChI is InChI=1S/C23H21ClN6O4.C17H16ClN3O2.C6H6ClN3O2.C4H4ClN3.C2H3ClO2.ClH.2H2S/c1-13(27-22-26-8-6-20(29-22)30-23(32)33-2)16-9-14-10-17(24)19(11-18(14)28-21(16)31)34-12-15-5-3-4-7-25-15;1-10(19)13-6-11-7-14(18)16(8-15(11)21-17(13)22)23-9-12-4-2-3-5-20-12;1-12-6(11)10-4-2-3-8-5(7)9-4;5-4-7-2-1-3(6)8-4;1-5-2(3)4;;;/h3-11,13H,12H2,1-2H3,(H,28,31)(H2,26,27,29,30,32);2-8,10H,9,19H2,1H3,(H,21,22);2-3H,1H3,(H,8,9,10,11);1-2H,(H2,6,7,8);1H3;1H;2*1H2/t13-;10-;;;;;;/m00....../s1. The smallest absolute Gasteiger partial charge is 0.412 e. The minimum Gasteiger partial charge on any atom is -0.486 e. The Morgan fingerprint density at radius 3 is 1.45 bits per heavy atom. The van der Waals surface area contributed by atoms with Gasteiger partial charge in [-0.1, -0.05) is 35.3 Å². The summed E-state index contributed by atoms with van der Waals surface area (Å²) in [6.07, 6.45) is 6.56. The number of nitrogens with two attached hydrogens (primary N) is 2. The number of hydrogen-bond acceptors (Lipinski definition) is 21. The summed E-state index contributed by atoms with van der Waals surface area (Å²) in [5.74, 6) is 2.13. The predicted octanol–water partition coefficient (Wildman–Crippen LogP) is 11.1. The summed E-state index contributed by atoms with van der Waals surface area (Å²) in [6, 6.07) is 25.3. The van der Waals surface area contributed by atoms with Crippen LogP contribution in [0.4, 0.5) is 37.8 Å². The van der Waals surface area contributed by atoms with Crippen molar-refractivity contribution in [3.05, 3.63) is 186 Å². The van der Waals surface area contributed by atoms with Crippen molar-refractivity contribution in [3.8, 4) is 11.5 Å². The number of anilines is 4. The highest BCUT2D eigenvalue weighted by Crippen LogP contribution is 2.32. The first kappa shape index (κ1) is 73.1. The Labute approximate surface area is 529 Å². The summed E-state index contributed by atoms with van der Waals surface area (Å²) < 4.78 is 24.3. The number of nitrogen functional groups attached to an aromatic ring is 1. The van der Waals surface area contributed by atoms with Crippen LogP contribution in [0.5, 0.6) is 11.5 Å². The number of benzene rings is 2. The number of carbonyl (C=O) groups excluding carboxylic acids is 3. The van der Waals surface area contributed by atoms with Crippen molar-refractivity contribution in [2.24, 2.45) is 5.73 Å². The molecule has 0 saturated carbocycles. The topological polar surface area (TPSA) is 354 Å². The fraction of sp³-hybridized carbons (Fsp3) is 0.173. The Hall–Kier alpha value is -7.99. The van der Waals surface area contributed by atoms with Gasteiger partial charge in [-0.2, -0.15) is 32.0 Å². The van der Waals surface area contributed by atoms with Crippen molar-refractivity contribution in [1.82, 2.24) is 49.8 Å². The number of nitrogens with one attached hydrogen (secondary N) is 5. The summed E-state index contributed by atoms with van der Waals surface area (Å²) in [4.78, 5) is 93.2. The van der Waals surface area contributed by atoms with E-state index in [0.717, 1.165) is 22.2 Å². The van der Waals surface area contributed by atoms with E-state index >= 15 is 0 Å². The average Bonchev–Trinajstić information content (AvgIpc) is 3.61. The van der Waals surface area contributed by atoms with Gasteiger partial charge in [0.1, 0.15) is 42.2 Å². The molecule has 0 aliphatic heterocycles. The van der Waals surface area contributed by atoms with Gasteiger partial charge in [0.25, 0.3) is 11.1 Å². The molecule has 0 unspecified atom stereocenters. The van der Waals surface area contributed by atoms with Crippen molar-refractivity contribution in [3.63, 3.8) is 0 Å². The van der Waals surface area contributed by atoms with Gasteiger partial charge in [-0.05, 0) is 104 Å². The van der Waals surface area contributed by atoms with Crippen LogP contribution in [0.2, 0.25) is 20.6 Å². The van der Waals surface area contributed by atoms with Crippen molar-refractivity contribution in [1.29, 1.82) is 0 Å². The first-order valence-corrected chi connectivity index (χ1v) is 25.4. The van der Waals surface area contributed by atoms with Gasteiger partial charge in [0.2, 0.25) is 16.5 Å². The summed E-state index contributed by atoms with van der Waals surface area (Å²) in [5.41, 5.74) is 13.5. The Balaban J connectivity index is 0.000000415. The second-order valence-electron chi connectivity index (χ2n) is 16.1. The lowest BCUT2D eigenvalue weighted by atomic mass is 10.1. The quantitative estimate of drug-likeness (QED) is 0.0339. The van der Waals surface area contributed by atoms with Gasteiger partial charge in [0, 0.05) is 82.7 Å². The summed E-state index contributed by atoms with van der Waals surface area (Å²) in [6.45, 7) is 4.11. The number of ether oxygens (including phenoxy) is 5. The second kappa shape index (κ2) is 37.3. The Morgan fingerprint density at radius 2 is 1.04 bits per heavy atom. The normalized spacial score (nSPS) is 10.5. The van der Waals surface area contributed by atoms with Gasteiger partial charge in [-0.3, -0.25) is 30.2 Å². The van der Waals surface area contributed by atoms with E-state index in [1.165, 1.54) is 52.1 Å². The molecule has 9 aromatic rings. The number of amides is 2. The number of aromatic nitrogens is 10. The van der Waals surface area contributed by atoms with Crippen molar-refractivity contribution < 1.29 is 38.1 Å². The van der Waals surface area contributed by atoms with Crippen LogP contribution in [0.1, 0.15) is 48.4 Å². The van der Waals surface area contributed by atoms with Crippen LogP contribution < -0.4 is 48.0 Å². The van der Waals surface area contributed by atoms with Crippen LogP contribution in [0.25, 0.3) is 21.8 Å². The lowest BCUT2D eigenvalue weighted by Gasteiger charge is -2.15. The van der Waals surface area contributed by atoms with Crippen molar-refractivity contribution in [2.75, 3.05) is 43.0 Å². The highest BCUT2D eigenvalue weighted by molar-refractivity contribution is 7.59. The SMILES string of the molecule is COC(=O)Cl.COC(=O)Nc1ccnc(Cl)n1.COC(=O)Nc1ccnc(N[C@@H](C)c2cc3cc(Cl)c(OCc4ccccn4)cc3[nH]c2=O)n1.C[C@H](N)c1cc2cc(Cl)c(OCc3ccccn3)cc2[nH]c1=O.Cl.Nc1ccnc(Cl)n1.S.S. The molecule has 0 bridgehead atoms. The minimum absolute atomic E-state index is 0. The number of pyridine rings is 4. The fourth-order valence-corrected chi connectivity index (χ4v) is 7.19. The average molecular weight is 1330 g/mol. The van der Waals surface area contributed by atoms with Crippen LogP contribution in [0, 0.1) is 0 Å². The lowest BCUT2D eigenvalue weighted by molar-refractivity contribution is 0.186. The van der Waals surface area contributed by atoms with E-state index in [4.69, 9.17) is 67.3 Å². The monoisotopic (exact) mass is 1320 g/mol. The number of rotatable bonds is 12.